The number of nitrogens with zero attached hydrogens (tertiary/aromatic N) is 2. The van der Waals surface area contributed by atoms with Gasteiger partial charge in [0.2, 0.25) is 0 Å². The van der Waals surface area contributed by atoms with E-state index in [4.69, 9.17) is 19.2 Å². The standard InChI is InChI=1S/C32H40N2O4/c1-7-37-29(35)20-28-22(2)33-23(3)30(31(28)34-18-16-32(4,5)17-19-34)25-10-14-27(15-11-25)38-21-24-8-12-26(36-6)13-9-24/h8-15H,7,16-21H2,1-6H3. The second kappa shape index (κ2) is 11.9. The van der Waals surface area contributed by atoms with Crippen LogP contribution in [0.25, 0.3) is 11.1 Å². The first kappa shape index (κ1) is 27.5. The zero-order valence-electron chi connectivity index (χ0n) is 23.6. The van der Waals surface area contributed by atoms with Crippen LogP contribution in [-0.4, -0.2) is 37.8 Å². The summed E-state index contributed by atoms with van der Waals surface area (Å²) in [5, 5.41) is 0. The second-order valence-electron chi connectivity index (χ2n) is 10.8. The van der Waals surface area contributed by atoms with Crippen molar-refractivity contribution in [2.45, 2.75) is 60.5 Å². The average Bonchev–Trinajstić information content (AvgIpc) is 2.90. The highest BCUT2D eigenvalue weighted by Gasteiger charge is 2.30. The van der Waals surface area contributed by atoms with Crippen molar-refractivity contribution in [3.05, 3.63) is 71.0 Å². The van der Waals surface area contributed by atoms with Crippen molar-refractivity contribution in [2.24, 2.45) is 5.41 Å². The molecule has 0 unspecified atom stereocenters. The van der Waals surface area contributed by atoms with Gasteiger partial charge in [-0.25, -0.2) is 0 Å². The summed E-state index contributed by atoms with van der Waals surface area (Å²) in [5.74, 6) is 1.42. The zero-order chi connectivity index (χ0) is 27.3. The van der Waals surface area contributed by atoms with Crippen LogP contribution in [0.15, 0.2) is 48.5 Å². The van der Waals surface area contributed by atoms with E-state index in [1.54, 1.807) is 7.11 Å². The first-order chi connectivity index (χ1) is 18.2. The van der Waals surface area contributed by atoms with Crippen LogP contribution in [0, 0.1) is 19.3 Å². The number of hydrogen-bond acceptors (Lipinski definition) is 6. The lowest BCUT2D eigenvalue weighted by Crippen LogP contribution is -2.38. The van der Waals surface area contributed by atoms with Crippen LogP contribution >= 0.6 is 0 Å². The molecule has 0 aliphatic carbocycles. The fourth-order valence-corrected chi connectivity index (χ4v) is 5.07. The van der Waals surface area contributed by atoms with Crippen LogP contribution < -0.4 is 14.4 Å². The molecule has 0 amide bonds. The Morgan fingerprint density at radius 3 is 2.18 bits per heavy atom. The Kier molecular flexibility index (Phi) is 8.60. The number of esters is 1. The first-order valence-corrected chi connectivity index (χ1v) is 13.5. The topological polar surface area (TPSA) is 60.9 Å². The maximum Gasteiger partial charge on any atom is 0.310 e. The molecule has 4 rings (SSSR count). The molecule has 1 fully saturated rings. The number of carbonyl (C=O) groups is 1. The molecular weight excluding hydrogens is 476 g/mol. The Morgan fingerprint density at radius 2 is 1.58 bits per heavy atom. The van der Waals surface area contributed by atoms with Crippen molar-refractivity contribution in [3.8, 4) is 22.6 Å². The Bertz CT molecular complexity index is 1240. The molecule has 38 heavy (non-hydrogen) atoms. The maximum atomic E-state index is 12.6. The molecule has 0 N–H and O–H groups in total. The molecule has 0 bridgehead atoms. The normalized spacial score (nSPS) is 14.7. The summed E-state index contributed by atoms with van der Waals surface area (Å²) >= 11 is 0. The summed E-state index contributed by atoms with van der Waals surface area (Å²) in [6.07, 6.45) is 2.42. The minimum atomic E-state index is -0.215. The molecule has 202 valence electrons. The molecule has 2 heterocycles. The zero-order valence-corrected chi connectivity index (χ0v) is 23.6. The van der Waals surface area contributed by atoms with Gasteiger partial charge in [-0.05, 0) is 74.4 Å². The average molecular weight is 517 g/mol. The highest BCUT2D eigenvalue weighted by Crippen LogP contribution is 2.41. The lowest BCUT2D eigenvalue weighted by atomic mass is 9.82. The van der Waals surface area contributed by atoms with Gasteiger partial charge in [-0.2, -0.15) is 0 Å². The Hall–Kier alpha value is -3.54. The van der Waals surface area contributed by atoms with E-state index >= 15 is 0 Å². The Balaban J connectivity index is 1.65. The molecule has 1 aliphatic rings. The molecule has 0 radical (unpaired) electrons. The van der Waals surface area contributed by atoms with Crippen LogP contribution in [0.3, 0.4) is 0 Å². The molecule has 0 saturated carbocycles. The van der Waals surface area contributed by atoms with Crippen molar-refractivity contribution in [1.82, 2.24) is 4.98 Å². The minimum Gasteiger partial charge on any atom is -0.497 e. The fourth-order valence-electron chi connectivity index (χ4n) is 5.07. The molecule has 6 nitrogen and oxygen atoms in total. The summed E-state index contributed by atoms with van der Waals surface area (Å²) in [5.41, 5.74) is 7.47. The number of anilines is 1. The third-order valence-corrected chi connectivity index (χ3v) is 7.42. The van der Waals surface area contributed by atoms with Gasteiger partial charge < -0.3 is 19.1 Å². The highest BCUT2D eigenvalue weighted by molar-refractivity contribution is 5.86. The molecule has 1 saturated heterocycles. The lowest BCUT2D eigenvalue weighted by molar-refractivity contribution is -0.142. The van der Waals surface area contributed by atoms with Gasteiger partial charge in [0.1, 0.15) is 18.1 Å². The quantitative estimate of drug-likeness (QED) is 0.296. The minimum absolute atomic E-state index is 0.215. The number of ether oxygens (including phenoxy) is 3. The van der Waals surface area contributed by atoms with Gasteiger partial charge in [0.25, 0.3) is 0 Å². The molecule has 3 aromatic rings. The van der Waals surface area contributed by atoms with Gasteiger partial charge in [0.05, 0.1) is 25.8 Å². The first-order valence-electron chi connectivity index (χ1n) is 13.5. The van der Waals surface area contributed by atoms with E-state index in [1.165, 1.54) is 0 Å². The molecule has 0 spiro atoms. The van der Waals surface area contributed by atoms with Crippen LogP contribution in [0.1, 0.15) is 56.1 Å². The van der Waals surface area contributed by atoms with Crippen molar-refractivity contribution >= 4 is 11.7 Å². The van der Waals surface area contributed by atoms with Crippen LogP contribution in [-0.2, 0) is 22.6 Å². The van der Waals surface area contributed by atoms with Crippen LogP contribution in [0.5, 0.6) is 11.5 Å². The summed E-state index contributed by atoms with van der Waals surface area (Å²) in [4.78, 5) is 19.9. The number of pyridine rings is 1. The summed E-state index contributed by atoms with van der Waals surface area (Å²) in [6, 6.07) is 16.1. The van der Waals surface area contributed by atoms with E-state index in [0.717, 1.165) is 76.8 Å². The third-order valence-electron chi connectivity index (χ3n) is 7.42. The van der Waals surface area contributed by atoms with Gasteiger partial charge in [-0.3, -0.25) is 9.78 Å². The fraction of sp³-hybridized carbons (Fsp3) is 0.438. The Morgan fingerprint density at radius 1 is 0.947 bits per heavy atom. The predicted octanol–water partition coefficient (Wildman–Crippen LogP) is 6.69. The van der Waals surface area contributed by atoms with Crippen molar-refractivity contribution < 1.29 is 19.0 Å². The number of benzene rings is 2. The van der Waals surface area contributed by atoms with E-state index in [9.17, 15) is 4.79 Å². The van der Waals surface area contributed by atoms with E-state index in [0.29, 0.717) is 18.6 Å². The number of aromatic nitrogens is 1. The number of carbonyl (C=O) groups excluding carboxylic acids is 1. The Labute approximate surface area is 226 Å². The van der Waals surface area contributed by atoms with E-state index in [1.807, 2.05) is 50.2 Å². The molecular formula is C32H40N2O4. The van der Waals surface area contributed by atoms with Gasteiger partial charge in [-0.15, -0.1) is 0 Å². The lowest BCUT2D eigenvalue weighted by Gasteiger charge is -2.40. The summed E-state index contributed by atoms with van der Waals surface area (Å²) in [6.45, 7) is 13.3. The highest BCUT2D eigenvalue weighted by atomic mass is 16.5. The number of piperidine rings is 1. The smallest absolute Gasteiger partial charge is 0.310 e. The van der Waals surface area contributed by atoms with Crippen LogP contribution in [0.2, 0.25) is 0 Å². The van der Waals surface area contributed by atoms with Crippen molar-refractivity contribution in [1.29, 1.82) is 0 Å². The van der Waals surface area contributed by atoms with Crippen LogP contribution in [0.4, 0.5) is 5.69 Å². The van der Waals surface area contributed by atoms with Gasteiger partial charge in [-0.1, -0.05) is 38.1 Å². The van der Waals surface area contributed by atoms with Crippen molar-refractivity contribution in [2.75, 3.05) is 31.7 Å². The maximum absolute atomic E-state index is 12.6. The largest absolute Gasteiger partial charge is 0.497 e. The SMILES string of the molecule is CCOC(=O)Cc1c(C)nc(C)c(-c2ccc(OCc3ccc(OC)cc3)cc2)c1N1CCC(C)(C)CC1. The van der Waals surface area contributed by atoms with E-state index < -0.39 is 0 Å². The number of rotatable bonds is 9. The molecule has 2 aromatic carbocycles. The monoisotopic (exact) mass is 516 g/mol. The molecule has 6 heteroatoms. The predicted molar refractivity (Wildman–Crippen MR) is 152 cm³/mol. The van der Waals surface area contributed by atoms with E-state index in [2.05, 4.69) is 37.8 Å². The van der Waals surface area contributed by atoms with Gasteiger partial charge >= 0.3 is 5.97 Å². The molecule has 1 aromatic heterocycles. The second-order valence-corrected chi connectivity index (χ2v) is 10.8. The number of hydrogen-bond donors (Lipinski definition) is 0. The van der Waals surface area contributed by atoms with Crippen molar-refractivity contribution in [3.63, 3.8) is 0 Å². The summed E-state index contributed by atoms with van der Waals surface area (Å²) in [7, 11) is 1.66. The number of aryl methyl sites for hydroxylation is 2. The summed E-state index contributed by atoms with van der Waals surface area (Å²) < 4.78 is 16.6. The third kappa shape index (κ3) is 6.47. The van der Waals surface area contributed by atoms with Gasteiger partial charge in [0, 0.05) is 35.6 Å². The molecule has 1 aliphatic heterocycles. The number of methoxy groups -OCH3 is 1. The van der Waals surface area contributed by atoms with E-state index in [-0.39, 0.29) is 12.4 Å². The molecule has 0 atom stereocenters. The van der Waals surface area contributed by atoms with Gasteiger partial charge in [0.15, 0.2) is 0 Å².